The molecule has 2 aromatic carbocycles. The van der Waals surface area contributed by atoms with Gasteiger partial charge < -0.3 is 10.2 Å². The van der Waals surface area contributed by atoms with Crippen LogP contribution < -0.4 is 10.0 Å². The van der Waals surface area contributed by atoms with E-state index in [1.807, 2.05) is 24.3 Å². The highest BCUT2D eigenvalue weighted by Crippen LogP contribution is 2.25. The molecule has 3 aromatic rings. The second-order valence-electron chi connectivity index (χ2n) is 7.09. The largest absolute Gasteiger partial charge is 0.326 e. The minimum absolute atomic E-state index is 0.0534. The van der Waals surface area contributed by atoms with Gasteiger partial charge in [-0.15, -0.1) is 11.3 Å². The van der Waals surface area contributed by atoms with E-state index in [-0.39, 0.29) is 21.8 Å². The van der Waals surface area contributed by atoms with Crippen molar-refractivity contribution in [1.29, 1.82) is 0 Å². The van der Waals surface area contributed by atoms with Gasteiger partial charge >= 0.3 is 0 Å². The van der Waals surface area contributed by atoms with Gasteiger partial charge in [0.05, 0.1) is 4.90 Å². The molecule has 31 heavy (non-hydrogen) atoms. The summed E-state index contributed by atoms with van der Waals surface area (Å²) in [5.41, 5.74) is 2.51. The number of benzene rings is 2. The van der Waals surface area contributed by atoms with Crippen molar-refractivity contribution in [2.75, 3.05) is 10.0 Å². The molecule has 0 fully saturated rings. The molecular formula is C21H20N4O4S2. The van der Waals surface area contributed by atoms with Gasteiger partial charge in [-0.25, -0.2) is 13.4 Å². The van der Waals surface area contributed by atoms with Crippen LogP contribution in [0.15, 0.2) is 65.0 Å². The van der Waals surface area contributed by atoms with E-state index in [4.69, 9.17) is 0 Å². The third-order valence-corrected chi connectivity index (χ3v) is 7.21. The van der Waals surface area contributed by atoms with Gasteiger partial charge in [-0.2, -0.15) is 0 Å². The quantitative estimate of drug-likeness (QED) is 0.614. The third kappa shape index (κ3) is 4.59. The number of anilines is 2. The molecule has 1 aliphatic rings. The molecule has 0 unspecified atom stereocenters. The average molecular weight is 457 g/mol. The van der Waals surface area contributed by atoms with Gasteiger partial charge in [0.15, 0.2) is 5.13 Å². The minimum Gasteiger partial charge on any atom is -0.326 e. The minimum atomic E-state index is -3.77. The van der Waals surface area contributed by atoms with E-state index in [0.29, 0.717) is 18.7 Å². The van der Waals surface area contributed by atoms with Gasteiger partial charge in [0.1, 0.15) is 6.04 Å². The number of aromatic nitrogens is 1. The van der Waals surface area contributed by atoms with Gasteiger partial charge in [-0.05, 0) is 35.4 Å². The number of hydrogen-bond acceptors (Lipinski definition) is 6. The summed E-state index contributed by atoms with van der Waals surface area (Å²) < 4.78 is 27.3. The Hall–Kier alpha value is -3.24. The van der Waals surface area contributed by atoms with E-state index in [1.165, 1.54) is 48.7 Å². The molecule has 2 amide bonds. The van der Waals surface area contributed by atoms with E-state index < -0.39 is 16.1 Å². The van der Waals surface area contributed by atoms with Crippen LogP contribution in [-0.2, 0) is 32.6 Å². The maximum atomic E-state index is 12.9. The van der Waals surface area contributed by atoms with Crippen LogP contribution in [0.25, 0.3) is 0 Å². The summed E-state index contributed by atoms with van der Waals surface area (Å²) in [4.78, 5) is 30.6. The third-order valence-electron chi connectivity index (χ3n) is 5.04. The Morgan fingerprint density at radius 3 is 2.45 bits per heavy atom. The molecule has 0 radical (unpaired) electrons. The highest BCUT2D eigenvalue weighted by molar-refractivity contribution is 7.93. The number of fused-ring (bicyclic) bond motifs is 1. The predicted octanol–water partition coefficient (Wildman–Crippen LogP) is 2.86. The first-order valence-electron chi connectivity index (χ1n) is 9.51. The van der Waals surface area contributed by atoms with Crippen molar-refractivity contribution in [2.24, 2.45) is 0 Å². The summed E-state index contributed by atoms with van der Waals surface area (Å²) in [5.74, 6) is -0.495. The SMILES string of the molecule is CC(=O)N1Cc2ccccc2C[C@H]1C(=O)Nc1ccc(S(=O)(=O)Nc2nccs2)cc1. The number of nitrogens with zero attached hydrogens (tertiary/aromatic N) is 2. The molecule has 1 aliphatic heterocycles. The van der Waals surface area contributed by atoms with Gasteiger partial charge in [-0.3, -0.25) is 14.3 Å². The van der Waals surface area contributed by atoms with E-state index >= 15 is 0 Å². The molecule has 0 bridgehead atoms. The van der Waals surface area contributed by atoms with Gasteiger partial charge in [0.2, 0.25) is 11.8 Å². The Labute approximate surface area is 184 Å². The van der Waals surface area contributed by atoms with E-state index in [0.717, 1.165) is 11.1 Å². The molecule has 0 saturated carbocycles. The zero-order valence-corrected chi connectivity index (χ0v) is 18.2. The number of thiazole rings is 1. The van der Waals surface area contributed by atoms with Crippen molar-refractivity contribution in [3.8, 4) is 0 Å². The van der Waals surface area contributed by atoms with Crippen LogP contribution in [0.1, 0.15) is 18.1 Å². The predicted molar refractivity (Wildman–Crippen MR) is 118 cm³/mol. The summed E-state index contributed by atoms with van der Waals surface area (Å²) in [5, 5.41) is 4.74. The van der Waals surface area contributed by atoms with Crippen molar-refractivity contribution in [3.05, 3.63) is 71.2 Å². The summed E-state index contributed by atoms with van der Waals surface area (Å²) in [6.45, 7) is 1.83. The van der Waals surface area contributed by atoms with Gasteiger partial charge in [0, 0.05) is 37.2 Å². The number of hydrogen-bond donors (Lipinski definition) is 2. The molecule has 4 rings (SSSR count). The molecule has 0 saturated heterocycles. The first kappa shape index (κ1) is 21.0. The molecular weight excluding hydrogens is 436 g/mol. The van der Waals surface area contributed by atoms with Crippen LogP contribution in [-0.4, -0.2) is 36.2 Å². The Morgan fingerprint density at radius 1 is 1.10 bits per heavy atom. The number of carbonyl (C=O) groups is 2. The number of amides is 2. The normalized spacial score (nSPS) is 15.8. The standard InChI is InChI=1S/C21H20N4O4S2/c1-14(26)25-13-16-5-3-2-4-15(16)12-19(25)20(27)23-17-6-8-18(9-7-17)31(28,29)24-21-22-10-11-30-21/h2-11,19H,12-13H2,1H3,(H,22,24)(H,23,27)/t19-/m0/s1. The lowest BCUT2D eigenvalue weighted by molar-refractivity contribution is -0.138. The van der Waals surface area contributed by atoms with Crippen LogP contribution in [0, 0.1) is 0 Å². The van der Waals surface area contributed by atoms with Crippen molar-refractivity contribution in [3.63, 3.8) is 0 Å². The molecule has 1 atom stereocenters. The van der Waals surface area contributed by atoms with Crippen LogP contribution in [0.5, 0.6) is 0 Å². The van der Waals surface area contributed by atoms with E-state index in [9.17, 15) is 18.0 Å². The van der Waals surface area contributed by atoms with Crippen molar-refractivity contribution in [1.82, 2.24) is 9.88 Å². The average Bonchev–Trinajstić information content (AvgIpc) is 3.25. The number of sulfonamides is 1. The lowest BCUT2D eigenvalue weighted by Crippen LogP contribution is -2.49. The Bertz CT molecular complexity index is 1210. The monoisotopic (exact) mass is 456 g/mol. The molecule has 1 aromatic heterocycles. The summed E-state index contributed by atoms with van der Waals surface area (Å²) >= 11 is 1.18. The number of carbonyl (C=O) groups excluding carboxylic acids is 2. The first-order chi connectivity index (χ1) is 14.8. The first-order valence-corrected chi connectivity index (χ1v) is 11.9. The molecule has 0 spiro atoms. The Balaban J connectivity index is 1.48. The fourth-order valence-corrected chi connectivity index (χ4v) is 5.27. The maximum Gasteiger partial charge on any atom is 0.263 e. The second-order valence-corrected chi connectivity index (χ2v) is 9.67. The van der Waals surface area contributed by atoms with E-state index in [2.05, 4.69) is 15.0 Å². The smallest absolute Gasteiger partial charge is 0.263 e. The van der Waals surface area contributed by atoms with Crippen molar-refractivity contribution in [2.45, 2.75) is 30.8 Å². The van der Waals surface area contributed by atoms with Gasteiger partial charge in [0.25, 0.3) is 10.0 Å². The summed E-state index contributed by atoms with van der Waals surface area (Å²) in [6.07, 6.45) is 1.93. The molecule has 0 aliphatic carbocycles. The summed E-state index contributed by atoms with van der Waals surface area (Å²) in [6, 6.07) is 13.0. The molecule has 8 nitrogen and oxygen atoms in total. The molecule has 160 valence electrons. The zero-order chi connectivity index (χ0) is 22.0. The highest BCUT2D eigenvalue weighted by atomic mass is 32.2. The maximum absolute atomic E-state index is 12.9. The second kappa shape index (κ2) is 8.48. The number of rotatable bonds is 5. The van der Waals surface area contributed by atoms with Crippen molar-refractivity contribution >= 4 is 44.0 Å². The Morgan fingerprint density at radius 2 is 1.81 bits per heavy atom. The van der Waals surface area contributed by atoms with Crippen LogP contribution in [0.4, 0.5) is 10.8 Å². The highest BCUT2D eigenvalue weighted by Gasteiger charge is 2.33. The van der Waals surface area contributed by atoms with Crippen LogP contribution >= 0.6 is 11.3 Å². The molecule has 2 N–H and O–H groups in total. The molecule has 2 heterocycles. The van der Waals surface area contributed by atoms with Gasteiger partial charge in [-0.1, -0.05) is 24.3 Å². The van der Waals surface area contributed by atoms with Crippen LogP contribution in [0.3, 0.4) is 0 Å². The van der Waals surface area contributed by atoms with Crippen molar-refractivity contribution < 1.29 is 18.0 Å². The lowest BCUT2D eigenvalue weighted by atomic mass is 9.93. The zero-order valence-electron chi connectivity index (χ0n) is 16.6. The van der Waals surface area contributed by atoms with Crippen LogP contribution in [0.2, 0.25) is 0 Å². The number of nitrogens with one attached hydrogen (secondary N) is 2. The summed E-state index contributed by atoms with van der Waals surface area (Å²) in [7, 11) is -3.77. The van der Waals surface area contributed by atoms with E-state index in [1.54, 1.807) is 10.3 Å². The fourth-order valence-electron chi connectivity index (χ4n) is 3.48. The topological polar surface area (TPSA) is 108 Å². The fraction of sp³-hybridized carbons (Fsp3) is 0.190. The lowest BCUT2D eigenvalue weighted by Gasteiger charge is -2.35. The molecule has 10 heteroatoms. The Kier molecular flexibility index (Phi) is 5.75.